The Morgan fingerprint density at radius 2 is 2.03 bits per heavy atom. The van der Waals surface area contributed by atoms with E-state index in [-0.39, 0.29) is 5.82 Å². The Labute approximate surface area is 172 Å². The van der Waals surface area contributed by atoms with Crippen molar-refractivity contribution in [2.75, 3.05) is 19.7 Å². The molecule has 2 aliphatic rings. The first-order chi connectivity index (χ1) is 14.2. The molecule has 146 valence electrons. The number of nitrogens with zero attached hydrogens (tertiary/aromatic N) is 5. The predicted octanol–water partition coefficient (Wildman–Crippen LogP) is 3.47. The lowest BCUT2D eigenvalue weighted by atomic mass is 10.0. The second kappa shape index (κ2) is 7.50. The number of ether oxygens (including phenoxy) is 1. The lowest BCUT2D eigenvalue weighted by Crippen LogP contribution is -2.34. The predicted molar refractivity (Wildman–Crippen MR) is 107 cm³/mol. The van der Waals surface area contributed by atoms with Gasteiger partial charge in [-0.1, -0.05) is 11.6 Å². The molecule has 0 fully saturated rings. The topological polar surface area (TPSA) is 64.0 Å². The van der Waals surface area contributed by atoms with Crippen LogP contribution in [0.2, 0.25) is 0 Å². The van der Waals surface area contributed by atoms with E-state index in [9.17, 15) is 4.39 Å². The molecule has 0 amide bonds. The maximum atomic E-state index is 13.6. The van der Waals surface area contributed by atoms with Crippen LogP contribution >= 0.6 is 11.6 Å². The van der Waals surface area contributed by atoms with Crippen molar-refractivity contribution in [3.63, 3.8) is 0 Å². The van der Waals surface area contributed by atoms with E-state index in [1.54, 1.807) is 18.5 Å². The van der Waals surface area contributed by atoms with Gasteiger partial charge in [0.05, 0.1) is 16.3 Å². The maximum Gasteiger partial charge on any atom is 0.162 e. The molecular weight excluding hydrogens is 393 g/mol. The zero-order valence-corrected chi connectivity index (χ0v) is 16.2. The monoisotopic (exact) mass is 409 g/mol. The van der Waals surface area contributed by atoms with Crippen LogP contribution in [-0.2, 0) is 13.0 Å². The summed E-state index contributed by atoms with van der Waals surface area (Å²) in [5.41, 5.74) is 4.51. The lowest BCUT2D eigenvalue weighted by Gasteiger charge is -2.30. The minimum atomic E-state index is -0.324. The molecule has 0 atom stereocenters. The van der Waals surface area contributed by atoms with Gasteiger partial charge in [0, 0.05) is 61.3 Å². The van der Waals surface area contributed by atoms with Crippen molar-refractivity contribution in [1.29, 1.82) is 0 Å². The van der Waals surface area contributed by atoms with Crippen molar-refractivity contribution in [2.45, 2.75) is 13.0 Å². The number of benzene rings is 1. The molecule has 2 aromatic heterocycles. The quantitative estimate of drug-likeness (QED) is 0.660. The highest BCUT2D eigenvalue weighted by Gasteiger charge is 2.24. The molecule has 0 N–H and O–H groups in total. The van der Waals surface area contributed by atoms with E-state index in [1.807, 2.05) is 6.20 Å². The van der Waals surface area contributed by atoms with Crippen LogP contribution in [0.25, 0.3) is 16.4 Å². The van der Waals surface area contributed by atoms with Crippen LogP contribution < -0.4 is 4.74 Å². The zero-order chi connectivity index (χ0) is 19.8. The van der Waals surface area contributed by atoms with Crippen molar-refractivity contribution >= 4 is 16.6 Å². The molecule has 4 heterocycles. The van der Waals surface area contributed by atoms with Crippen LogP contribution in [0.3, 0.4) is 0 Å². The van der Waals surface area contributed by atoms with Crippen LogP contribution in [0.1, 0.15) is 16.8 Å². The van der Waals surface area contributed by atoms with Crippen LogP contribution in [0.15, 0.2) is 48.7 Å². The summed E-state index contributed by atoms with van der Waals surface area (Å²) in [6.07, 6.45) is 7.59. The second-order valence-corrected chi connectivity index (χ2v) is 7.48. The van der Waals surface area contributed by atoms with Crippen LogP contribution in [0.5, 0.6) is 5.75 Å². The van der Waals surface area contributed by atoms with Gasteiger partial charge >= 0.3 is 0 Å². The molecule has 5 rings (SSSR count). The fourth-order valence-electron chi connectivity index (χ4n) is 3.67. The zero-order valence-electron chi connectivity index (χ0n) is 15.5. The van der Waals surface area contributed by atoms with E-state index in [2.05, 4.69) is 19.9 Å². The van der Waals surface area contributed by atoms with Crippen molar-refractivity contribution in [3.8, 4) is 17.1 Å². The molecule has 0 bridgehead atoms. The molecule has 29 heavy (non-hydrogen) atoms. The minimum absolute atomic E-state index is 0.324. The third kappa shape index (κ3) is 3.59. The van der Waals surface area contributed by atoms with Gasteiger partial charge in [-0.2, -0.15) is 0 Å². The van der Waals surface area contributed by atoms with Crippen molar-refractivity contribution < 1.29 is 9.13 Å². The standard InChI is InChI=1S/C21H17ClFN5O/c22-20-15(11-29-19-2-1-16(23)5-17(19)20)10-28-4-3-18-14(9-28)8-26-21(27-18)13-6-24-12-25-7-13/h1-2,5-8,12H,3-4,9-11H2. The summed E-state index contributed by atoms with van der Waals surface area (Å²) < 4.78 is 19.4. The first kappa shape index (κ1) is 18.1. The first-order valence-electron chi connectivity index (χ1n) is 9.30. The molecule has 3 aromatic rings. The van der Waals surface area contributed by atoms with Crippen LogP contribution in [0.4, 0.5) is 4.39 Å². The average molecular weight is 410 g/mol. The van der Waals surface area contributed by atoms with Gasteiger partial charge in [-0.15, -0.1) is 0 Å². The number of fused-ring (bicyclic) bond motifs is 2. The highest BCUT2D eigenvalue weighted by molar-refractivity contribution is 6.49. The normalized spacial score (nSPS) is 16.2. The second-order valence-electron chi connectivity index (χ2n) is 7.10. The molecule has 0 radical (unpaired) electrons. The van der Waals surface area contributed by atoms with Gasteiger partial charge in [0.1, 0.15) is 24.5 Å². The van der Waals surface area contributed by atoms with Crippen molar-refractivity contribution in [3.05, 3.63) is 71.3 Å². The highest BCUT2D eigenvalue weighted by Crippen LogP contribution is 2.36. The fourth-order valence-corrected chi connectivity index (χ4v) is 3.93. The number of hydrogen-bond donors (Lipinski definition) is 0. The summed E-state index contributed by atoms with van der Waals surface area (Å²) in [5.74, 6) is 0.938. The molecule has 0 aliphatic carbocycles. The Kier molecular flexibility index (Phi) is 4.69. The molecule has 0 saturated heterocycles. The molecule has 0 spiro atoms. The van der Waals surface area contributed by atoms with E-state index in [0.29, 0.717) is 35.3 Å². The van der Waals surface area contributed by atoms with Gasteiger partial charge < -0.3 is 4.74 Å². The van der Waals surface area contributed by atoms with Gasteiger partial charge in [-0.3, -0.25) is 4.90 Å². The Bertz CT molecular complexity index is 1110. The number of aromatic nitrogens is 4. The van der Waals surface area contributed by atoms with E-state index >= 15 is 0 Å². The van der Waals surface area contributed by atoms with E-state index in [0.717, 1.165) is 41.9 Å². The van der Waals surface area contributed by atoms with Gasteiger partial charge in [0.25, 0.3) is 0 Å². The molecule has 0 unspecified atom stereocenters. The van der Waals surface area contributed by atoms with Crippen LogP contribution in [0, 0.1) is 5.82 Å². The molecule has 0 saturated carbocycles. The van der Waals surface area contributed by atoms with Gasteiger partial charge in [-0.05, 0) is 18.2 Å². The Hall–Kier alpha value is -2.90. The molecule has 1 aromatic carbocycles. The van der Waals surface area contributed by atoms with Gasteiger partial charge in [0.15, 0.2) is 5.82 Å². The van der Waals surface area contributed by atoms with E-state index in [4.69, 9.17) is 21.3 Å². The van der Waals surface area contributed by atoms with Crippen molar-refractivity contribution in [2.24, 2.45) is 0 Å². The summed E-state index contributed by atoms with van der Waals surface area (Å²) in [5, 5.41) is 0.576. The summed E-state index contributed by atoms with van der Waals surface area (Å²) in [6.45, 7) is 2.63. The Morgan fingerprint density at radius 1 is 1.17 bits per heavy atom. The maximum absolute atomic E-state index is 13.6. The smallest absolute Gasteiger partial charge is 0.162 e. The van der Waals surface area contributed by atoms with Gasteiger partial charge in [0.2, 0.25) is 0 Å². The minimum Gasteiger partial charge on any atom is -0.488 e. The summed E-state index contributed by atoms with van der Waals surface area (Å²) in [7, 11) is 0. The molecule has 2 aliphatic heterocycles. The average Bonchev–Trinajstić information content (AvgIpc) is 2.76. The largest absolute Gasteiger partial charge is 0.488 e. The summed E-state index contributed by atoms with van der Waals surface area (Å²) in [6, 6.07) is 4.42. The van der Waals surface area contributed by atoms with Crippen molar-refractivity contribution in [1.82, 2.24) is 24.8 Å². The molecule has 8 heteroatoms. The Morgan fingerprint density at radius 3 is 2.90 bits per heavy atom. The van der Waals surface area contributed by atoms with E-state index < -0.39 is 0 Å². The number of hydrogen-bond acceptors (Lipinski definition) is 6. The SMILES string of the molecule is Fc1ccc2c(c1)C(Cl)=C(CN1CCc3nc(-c4cncnc4)ncc3C1)CO2. The van der Waals surface area contributed by atoms with Gasteiger partial charge in [-0.25, -0.2) is 24.3 Å². The molecular formula is C21H17ClFN5O. The third-order valence-electron chi connectivity index (χ3n) is 5.14. The summed E-state index contributed by atoms with van der Waals surface area (Å²) in [4.78, 5) is 19.5. The highest BCUT2D eigenvalue weighted by atomic mass is 35.5. The van der Waals surface area contributed by atoms with Crippen LogP contribution in [-0.4, -0.2) is 44.5 Å². The number of rotatable bonds is 3. The summed E-state index contributed by atoms with van der Waals surface area (Å²) >= 11 is 6.56. The molecule has 6 nitrogen and oxygen atoms in total. The fraction of sp³-hybridized carbons (Fsp3) is 0.238. The Balaban J connectivity index is 1.35. The van der Waals surface area contributed by atoms with E-state index in [1.165, 1.54) is 18.5 Å². The lowest BCUT2D eigenvalue weighted by molar-refractivity contribution is 0.254. The third-order valence-corrected chi connectivity index (χ3v) is 5.61. The first-order valence-corrected chi connectivity index (χ1v) is 9.68. The number of halogens is 2.